The second kappa shape index (κ2) is 8.34. The lowest BCUT2D eigenvalue weighted by Crippen LogP contribution is -2.34. The average molecular weight is 303 g/mol. The highest BCUT2D eigenvalue weighted by Crippen LogP contribution is 2.18. The molecule has 0 aliphatic carbocycles. The van der Waals surface area contributed by atoms with Crippen molar-refractivity contribution in [2.45, 2.75) is 52.5 Å². The Morgan fingerprint density at radius 2 is 1.90 bits per heavy atom. The fraction of sp³-hybridized carbons (Fsp3) is 0.667. The molecular weight excluding hydrogens is 279 g/mol. The fourth-order valence-electron chi connectivity index (χ4n) is 2.04. The molecular formula is C15H24F3N3. The summed E-state index contributed by atoms with van der Waals surface area (Å²) in [4.78, 5) is 5.82. The second-order valence-corrected chi connectivity index (χ2v) is 5.48. The highest BCUT2D eigenvalue weighted by Gasteiger charge is 2.30. The molecule has 0 aliphatic heterocycles. The van der Waals surface area contributed by atoms with Crippen LogP contribution in [0.1, 0.15) is 38.6 Å². The average Bonchev–Trinajstić information content (AvgIpc) is 2.35. The van der Waals surface area contributed by atoms with Crippen LogP contribution >= 0.6 is 0 Å². The number of aromatic nitrogens is 1. The largest absolute Gasteiger partial charge is 0.401 e. The zero-order valence-corrected chi connectivity index (χ0v) is 12.9. The Bertz CT molecular complexity index is 419. The minimum atomic E-state index is -4.17. The third kappa shape index (κ3) is 8.02. The lowest BCUT2D eigenvalue weighted by atomic mass is 10.2. The van der Waals surface area contributed by atoms with Gasteiger partial charge in [0.15, 0.2) is 0 Å². The fourth-order valence-corrected chi connectivity index (χ4v) is 2.04. The van der Waals surface area contributed by atoms with Crippen molar-refractivity contribution in [3.05, 3.63) is 29.6 Å². The van der Waals surface area contributed by atoms with Crippen LogP contribution in [0.3, 0.4) is 0 Å². The molecule has 21 heavy (non-hydrogen) atoms. The summed E-state index contributed by atoms with van der Waals surface area (Å²) in [6, 6.07) is 5.85. The van der Waals surface area contributed by atoms with Crippen molar-refractivity contribution in [3.8, 4) is 0 Å². The first kappa shape index (κ1) is 17.9. The maximum Gasteiger partial charge on any atom is 0.401 e. The van der Waals surface area contributed by atoms with Crippen LogP contribution in [-0.4, -0.2) is 35.2 Å². The molecule has 0 aromatic carbocycles. The van der Waals surface area contributed by atoms with Gasteiger partial charge in [-0.05, 0) is 25.1 Å². The van der Waals surface area contributed by atoms with Gasteiger partial charge >= 0.3 is 6.18 Å². The van der Waals surface area contributed by atoms with Crippen LogP contribution in [0.15, 0.2) is 18.2 Å². The zero-order chi connectivity index (χ0) is 15.9. The van der Waals surface area contributed by atoms with Crippen molar-refractivity contribution < 1.29 is 13.2 Å². The van der Waals surface area contributed by atoms with Gasteiger partial charge in [-0.25, -0.2) is 0 Å². The number of hydrogen-bond donors (Lipinski definition) is 1. The number of halogens is 3. The van der Waals surface area contributed by atoms with Gasteiger partial charge in [0.05, 0.1) is 17.9 Å². The molecule has 0 fully saturated rings. The third-order valence-electron chi connectivity index (χ3n) is 2.88. The summed E-state index contributed by atoms with van der Waals surface area (Å²) in [7, 11) is 0. The number of hydrogen-bond acceptors (Lipinski definition) is 3. The van der Waals surface area contributed by atoms with Crippen molar-refractivity contribution in [2.75, 3.05) is 13.1 Å². The van der Waals surface area contributed by atoms with Gasteiger partial charge in [0.2, 0.25) is 0 Å². The maximum absolute atomic E-state index is 12.5. The van der Waals surface area contributed by atoms with Gasteiger partial charge in [-0.2, -0.15) is 13.2 Å². The van der Waals surface area contributed by atoms with Crippen molar-refractivity contribution >= 4 is 0 Å². The van der Waals surface area contributed by atoms with Crippen LogP contribution in [0.25, 0.3) is 0 Å². The van der Waals surface area contributed by atoms with Gasteiger partial charge in [0, 0.05) is 19.1 Å². The minimum Gasteiger partial charge on any atom is -0.309 e. The SMILES string of the molecule is CCCN(Cc1cccc(CNC(C)C)n1)CC(F)(F)F. The Kier molecular flexibility index (Phi) is 7.11. The van der Waals surface area contributed by atoms with Crippen LogP contribution in [0.4, 0.5) is 13.2 Å². The molecule has 1 aromatic rings. The molecule has 0 aliphatic rings. The highest BCUT2D eigenvalue weighted by molar-refractivity contribution is 5.11. The van der Waals surface area contributed by atoms with Crippen LogP contribution in [0.2, 0.25) is 0 Å². The Balaban J connectivity index is 2.67. The lowest BCUT2D eigenvalue weighted by Gasteiger charge is -2.22. The second-order valence-electron chi connectivity index (χ2n) is 5.48. The highest BCUT2D eigenvalue weighted by atomic mass is 19.4. The van der Waals surface area contributed by atoms with E-state index in [2.05, 4.69) is 10.3 Å². The van der Waals surface area contributed by atoms with Crippen molar-refractivity contribution in [2.24, 2.45) is 0 Å². The Hall–Kier alpha value is -1.14. The molecule has 3 nitrogen and oxygen atoms in total. The molecule has 1 N–H and O–H groups in total. The number of alkyl halides is 3. The summed E-state index contributed by atoms with van der Waals surface area (Å²) in [5, 5.41) is 3.25. The topological polar surface area (TPSA) is 28.2 Å². The molecule has 0 spiro atoms. The molecule has 120 valence electrons. The number of rotatable bonds is 8. The summed E-state index contributed by atoms with van der Waals surface area (Å²) in [6.07, 6.45) is -3.49. The molecule has 0 atom stereocenters. The smallest absolute Gasteiger partial charge is 0.309 e. The van der Waals surface area contributed by atoms with E-state index in [4.69, 9.17) is 0 Å². The molecule has 0 radical (unpaired) electrons. The Morgan fingerprint density at radius 3 is 2.48 bits per heavy atom. The molecule has 0 saturated heterocycles. The van der Waals surface area contributed by atoms with Crippen LogP contribution in [0.5, 0.6) is 0 Å². The van der Waals surface area contributed by atoms with Gasteiger partial charge < -0.3 is 5.32 Å². The molecule has 1 heterocycles. The van der Waals surface area contributed by atoms with Gasteiger partial charge in [0.1, 0.15) is 0 Å². The van der Waals surface area contributed by atoms with E-state index in [-0.39, 0.29) is 6.54 Å². The predicted octanol–water partition coefficient (Wildman–Crippen LogP) is 3.35. The maximum atomic E-state index is 12.5. The van der Waals surface area contributed by atoms with Crippen LogP contribution < -0.4 is 5.32 Å². The summed E-state index contributed by atoms with van der Waals surface area (Å²) in [6.45, 7) is 6.32. The predicted molar refractivity (Wildman–Crippen MR) is 77.8 cm³/mol. The monoisotopic (exact) mass is 303 g/mol. The Morgan fingerprint density at radius 1 is 1.24 bits per heavy atom. The van der Waals surface area contributed by atoms with Gasteiger partial charge in [-0.15, -0.1) is 0 Å². The van der Waals surface area contributed by atoms with E-state index in [0.29, 0.717) is 31.2 Å². The minimum absolute atomic E-state index is 0.225. The molecule has 6 heteroatoms. The molecule has 0 amide bonds. The van der Waals surface area contributed by atoms with Crippen molar-refractivity contribution in [3.63, 3.8) is 0 Å². The number of nitrogens with zero attached hydrogens (tertiary/aromatic N) is 2. The van der Waals surface area contributed by atoms with E-state index in [1.165, 1.54) is 4.90 Å². The normalized spacial score (nSPS) is 12.4. The molecule has 0 unspecified atom stereocenters. The zero-order valence-electron chi connectivity index (χ0n) is 12.9. The molecule has 0 saturated carbocycles. The standard InChI is InChI=1S/C15H24F3N3/c1-4-8-21(11-15(16,17)18)10-14-7-5-6-13(20-14)9-19-12(2)3/h5-7,12,19H,4,8-11H2,1-3H3. The van der Waals surface area contributed by atoms with Crippen LogP contribution in [-0.2, 0) is 13.1 Å². The first-order valence-corrected chi connectivity index (χ1v) is 7.27. The lowest BCUT2D eigenvalue weighted by molar-refractivity contribution is -0.147. The van der Waals surface area contributed by atoms with Gasteiger partial charge in [-0.1, -0.05) is 26.8 Å². The molecule has 0 bridgehead atoms. The first-order valence-electron chi connectivity index (χ1n) is 7.27. The van der Waals surface area contributed by atoms with E-state index in [1.807, 2.05) is 32.9 Å². The van der Waals surface area contributed by atoms with Crippen molar-refractivity contribution in [1.82, 2.24) is 15.2 Å². The van der Waals surface area contributed by atoms with E-state index < -0.39 is 12.7 Å². The summed E-state index contributed by atoms with van der Waals surface area (Å²) < 4.78 is 37.6. The number of nitrogens with one attached hydrogen (secondary N) is 1. The molecule has 1 rings (SSSR count). The Labute approximate surface area is 124 Å². The van der Waals surface area contributed by atoms with Crippen LogP contribution in [0, 0.1) is 0 Å². The first-order chi connectivity index (χ1) is 9.80. The summed E-state index contributed by atoms with van der Waals surface area (Å²) in [5.41, 5.74) is 1.53. The van der Waals surface area contributed by atoms with Crippen molar-refractivity contribution in [1.29, 1.82) is 0 Å². The van der Waals surface area contributed by atoms with E-state index in [0.717, 1.165) is 5.69 Å². The molecule has 1 aromatic heterocycles. The summed E-state index contributed by atoms with van der Waals surface area (Å²) in [5.74, 6) is 0. The van der Waals surface area contributed by atoms with E-state index >= 15 is 0 Å². The third-order valence-corrected chi connectivity index (χ3v) is 2.88. The van der Waals surface area contributed by atoms with E-state index in [1.54, 1.807) is 6.07 Å². The van der Waals surface area contributed by atoms with E-state index in [9.17, 15) is 13.2 Å². The number of pyridine rings is 1. The van der Waals surface area contributed by atoms with Gasteiger partial charge in [0.25, 0.3) is 0 Å². The van der Waals surface area contributed by atoms with Gasteiger partial charge in [-0.3, -0.25) is 9.88 Å². The summed E-state index contributed by atoms with van der Waals surface area (Å²) >= 11 is 0. The quantitative estimate of drug-likeness (QED) is 0.798.